The Kier molecular flexibility index (Phi) is 2.72. The molecule has 3 N–H and O–H groups in total. The third kappa shape index (κ3) is 1.95. The normalized spacial score (nSPS) is 17.2. The monoisotopic (exact) mass is 245 g/mol. The fourth-order valence-electron chi connectivity index (χ4n) is 1.68. The number of phenols is 1. The molecule has 1 aliphatic carbocycles. The topological polar surface area (TPSA) is 55.5 Å². The average Bonchev–Trinajstić information content (AvgIpc) is 2.93. The highest BCUT2D eigenvalue weighted by Gasteiger charge is 2.39. The number of nitrogens with two attached hydrogens (primary N) is 1. The van der Waals surface area contributed by atoms with Crippen LogP contribution in [0.5, 0.6) is 11.5 Å². The molecule has 0 aliphatic heterocycles. The fraction of sp³-hybridized carbons (Fsp3) is 0.455. The zero-order valence-electron chi connectivity index (χ0n) is 8.89. The van der Waals surface area contributed by atoms with Crippen molar-refractivity contribution in [3.63, 3.8) is 0 Å². The fourth-order valence-corrected chi connectivity index (χ4v) is 1.97. The van der Waals surface area contributed by atoms with Crippen molar-refractivity contribution in [2.24, 2.45) is 5.73 Å². The van der Waals surface area contributed by atoms with Gasteiger partial charge >= 0.3 is 0 Å². The van der Waals surface area contributed by atoms with Gasteiger partial charge in [-0.2, -0.15) is 4.39 Å². The van der Waals surface area contributed by atoms with Crippen LogP contribution in [0, 0.1) is 5.82 Å². The van der Waals surface area contributed by atoms with Gasteiger partial charge in [-0.15, -0.1) is 0 Å². The minimum Gasteiger partial charge on any atom is -0.505 e. The van der Waals surface area contributed by atoms with Crippen molar-refractivity contribution in [1.29, 1.82) is 0 Å². The first-order valence-corrected chi connectivity index (χ1v) is 5.37. The molecule has 1 saturated carbocycles. The molecule has 0 atom stereocenters. The van der Waals surface area contributed by atoms with Gasteiger partial charge in [0.2, 0.25) is 5.82 Å². The van der Waals surface area contributed by atoms with Crippen LogP contribution >= 0.6 is 11.6 Å². The van der Waals surface area contributed by atoms with Crippen LogP contribution in [0.4, 0.5) is 4.39 Å². The minimum atomic E-state index is -0.825. The summed E-state index contributed by atoms with van der Waals surface area (Å²) in [4.78, 5) is 0. The minimum absolute atomic E-state index is 0.134. The van der Waals surface area contributed by atoms with E-state index in [0.717, 1.165) is 12.8 Å². The van der Waals surface area contributed by atoms with Gasteiger partial charge in [0.05, 0.1) is 12.1 Å². The molecule has 1 aliphatic rings. The Balaban J connectivity index is 2.39. The second kappa shape index (κ2) is 3.79. The predicted octanol–water partition coefficient (Wildman–Crippen LogP) is 2.23. The van der Waals surface area contributed by atoms with Gasteiger partial charge in [-0.25, -0.2) is 0 Å². The van der Waals surface area contributed by atoms with Gasteiger partial charge in [0.1, 0.15) is 0 Å². The molecule has 0 unspecified atom stereocenters. The molecule has 0 spiro atoms. The molecular weight excluding hydrogens is 233 g/mol. The second-order valence-electron chi connectivity index (χ2n) is 4.25. The molecule has 0 radical (unpaired) electrons. The molecule has 0 saturated heterocycles. The standard InChI is InChI=1S/C11H13ClFNO2/c1-16-10-7(12)4-6(9(15)8(10)13)5-11(14)2-3-11/h4,15H,2-3,5,14H2,1H3. The summed E-state index contributed by atoms with van der Waals surface area (Å²) in [6.07, 6.45) is 2.20. The molecule has 88 valence electrons. The van der Waals surface area contributed by atoms with Crippen molar-refractivity contribution in [3.05, 3.63) is 22.5 Å². The van der Waals surface area contributed by atoms with Crippen LogP contribution in [0.3, 0.4) is 0 Å². The van der Waals surface area contributed by atoms with Gasteiger partial charge < -0.3 is 15.6 Å². The summed E-state index contributed by atoms with van der Waals surface area (Å²) >= 11 is 5.84. The van der Waals surface area contributed by atoms with E-state index in [4.69, 9.17) is 22.1 Å². The van der Waals surface area contributed by atoms with Crippen LogP contribution in [-0.4, -0.2) is 17.8 Å². The van der Waals surface area contributed by atoms with Crippen LogP contribution in [0.2, 0.25) is 5.02 Å². The number of hydrogen-bond acceptors (Lipinski definition) is 3. The van der Waals surface area contributed by atoms with E-state index in [1.807, 2.05) is 0 Å². The maximum Gasteiger partial charge on any atom is 0.208 e. The van der Waals surface area contributed by atoms with Crippen LogP contribution in [0.25, 0.3) is 0 Å². The van der Waals surface area contributed by atoms with Crippen molar-refractivity contribution < 1.29 is 14.2 Å². The van der Waals surface area contributed by atoms with E-state index in [1.54, 1.807) is 0 Å². The highest BCUT2D eigenvalue weighted by atomic mass is 35.5. The number of ether oxygens (including phenoxy) is 1. The Hall–Kier alpha value is -1.00. The summed E-state index contributed by atoms with van der Waals surface area (Å²) in [5.41, 5.74) is 6.04. The van der Waals surface area contributed by atoms with Gasteiger partial charge in [-0.05, 0) is 25.3 Å². The number of halogens is 2. The molecule has 1 aromatic carbocycles. The van der Waals surface area contributed by atoms with Gasteiger partial charge in [0.15, 0.2) is 11.5 Å². The Morgan fingerprint density at radius 1 is 1.62 bits per heavy atom. The van der Waals surface area contributed by atoms with E-state index in [1.165, 1.54) is 13.2 Å². The largest absolute Gasteiger partial charge is 0.505 e. The summed E-state index contributed by atoms with van der Waals surface area (Å²) in [5, 5.41) is 9.81. The van der Waals surface area contributed by atoms with E-state index >= 15 is 0 Å². The van der Waals surface area contributed by atoms with E-state index in [0.29, 0.717) is 12.0 Å². The predicted molar refractivity (Wildman–Crippen MR) is 59.5 cm³/mol. The molecule has 3 nitrogen and oxygen atoms in total. The maximum atomic E-state index is 13.6. The van der Waals surface area contributed by atoms with E-state index in [-0.39, 0.29) is 16.3 Å². The number of benzene rings is 1. The summed E-state index contributed by atoms with van der Waals surface area (Å²) in [7, 11) is 1.30. The maximum absolute atomic E-state index is 13.6. The number of methoxy groups -OCH3 is 1. The van der Waals surface area contributed by atoms with Crippen LogP contribution in [0.1, 0.15) is 18.4 Å². The third-order valence-electron chi connectivity index (χ3n) is 2.87. The first-order chi connectivity index (χ1) is 7.47. The quantitative estimate of drug-likeness (QED) is 0.859. The lowest BCUT2D eigenvalue weighted by Gasteiger charge is -2.13. The van der Waals surface area contributed by atoms with E-state index in [2.05, 4.69) is 0 Å². The average molecular weight is 246 g/mol. The second-order valence-corrected chi connectivity index (χ2v) is 4.66. The Labute approximate surface area is 98.0 Å². The lowest BCUT2D eigenvalue weighted by Crippen LogP contribution is -2.24. The molecule has 5 heteroatoms. The first kappa shape index (κ1) is 11.5. The molecule has 1 aromatic rings. The van der Waals surface area contributed by atoms with Gasteiger partial charge in [0.25, 0.3) is 0 Å². The molecule has 0 bridgehead atoms. The van der Waals surface area contributed by atoms with Crippen molar-refractivity contribution in [1.82, 2.24) is 0 Å². The third-order valence-corrected chi connectivity index (χ3v) is 3.15. The Morgan fingerprint density at radius 2 is 2.25 bits per heavy atom. The molecule has 1 fully saturated rings. The summed E-state index contributed by atoms with van der Waals surface area (Å²) in [6, 6.07) is 1.51. The van der Waals surface area contributed by atoms with Crippen molar-refractivity contribution in [3.8, 4) is 11.5 Å². The van der Waals surface area contributed by atoms with Crippen molar-refractivity contribution >= 4 is 11.6 Å². The zero-order valence-corrected chi connectivity index (χ0v) is 9.64. The van der Waals surface area contributed by atoms with Gasteiger partial charge in [-0.3, -0.25) is 0 Å². The summed E-state index contributed by atoms with van der Waals surface area (Å²) in [6.45, 7) is 0. The molecular formula is C11H13ClFNO2. The van der Waals surface area contributed by atoms with Gasteiger partial charge in [-0.1, -0.05) is 11.6 Å². The highest BCUT2D eigenvalue weighted by molar-refractivity contribution is 6.32. The molecule has 0 amide bonds. The summed E-state index contributed by atoms with van der Waals surface area (Å²) < 4.78 is 18.4. The van der Waals surface area contributed by atoms with Gasteiger partial charge in [0, 0.05) is 11.1 Å². The lowest BCUT2D eigenvalue weighted by molar-refractivity contribution is 0.361. The number of aromatic hydroxyl groups is 1. The Bertz CT molecular complexity index is 432. The molecule has 0 aromatic heterocycles. The Morgan fingerprint density at radius 3 is 2.75 bits per heavy atom. The van der Waals surface area contributed by atoms with Crippen LogP contribution < -0.4 is 10.5 Å². The van der Waals surface area contributed by atoms with Crippen LogP contribution in [-0.2, 0) is 6.42 Å². The zero-order chi connectivity index (χ0) is 11.9. The molecule has 2 rings (SSSR count). The summed E-state index contributed by atoms with van der Waals surface area (Å²) in [5.74, 6) is -1.38. The number of rotatable bonds is 3. The number of phenolic OH excluding ortho intramolecular Hbond substituents is 1. The van der Waals surface area contributed by atoms with Crippen molar-refractivity contribution in [2.75, 3.05) is 7.11 Å². The van der Waals surface area contributed by atoms with Crippen LogP contribution in [0.15, 0.2) is 6.07 Å². The smallest absolute Gasteiger partial charge is 0.208 e. The first-order valence-electron chi connectivity index (χ1n) is 4.99. The lowest BCUT2D eigenvalue weighted by atomic mass is 10.0. The number of hydrogen-bond donors (Lipinski definition) is 2. The van der Waals surface area contributed by atoms with E-state index < -0.39 is 11.6 Å². The molecule has 16 heavy (non-hydrogen) atoms. The SMILES string of the molecule is COc1c(Cl)cc(CC2(N)CC2)c(O)c1F. The molecule has 0 heterocycles. The van der Waals surface area contributed by atoms with Crippen molar-refractivity contribution in [2.45, 2.75) is 24.8 Å². The van der Waals surface area contributed by atoms with E-state index in [9.17, 15) is 9.50 Å². The highest BCUT2D eigenvalue weighted by Crippen LogP contribution is 2.42.